The molecule has 1 spiro atoms. The Morgan fingerprint density at radius 2 is 1.91 bits per heavy atom. The van der Waals surface area contributed by atoms with Gasteiger partial charge in [0.25, 0.3) is 0 Å². The van der Waals surface area contributed by atoms with E-state index in [1.165, 1.54) is 12.1 Å². The Labute approximate surface area is 197 Å². The minimum absolute atomic E-state index is 0.00134. The van der Waals surface area contributed by atoms with Crippen molar-refractivity contribution >= 4 is 40.6 Å². The van der Waals surface area contributed by atoms with Gasteiger partial charge in [0, 0.05) is 29.1 Å². The summed E-state index contributed by atoms with van der Waals surface area (Å²) in [6.07, 6.45) is 0.922. The summed E-state index contributed by atoms with van der Waals surface area (Å²) in [5.74, 6) is -1.40. The fourth-order valence-corrected chi connectivity index (χ4v) is 5.77. The van der Waals surface area contributed by atoms with E-state index in [1.807, 2.05) is 19.1 Å². The third kappa shape index (κ3) is 3.64. The van der Waals surface area contributed by atoms with Crippen LogP contribution in [-0.2, 0) is 15.0 Å². The molecule has 2 N–H and O–H groups in total. The molecule has 2 heterocycles. The Morgan fingerprint density at radius 3 is 2.53 bits per heavy atom. The summed E-state index contributed by atoms with van der Waals surface area (Å²) in [7, 11) is 0. The van der Waals surface area contributed by atoms with Gasteiger partial charge in [0.2, 0.25) is 5.91 Å². The van der Waals surface area contributed by atoms with Crippen molar-refractivity contribution < 1.29 is 14.0 Å². The zero-order valence-corrected chi connectivity index (χ0v) is 20.1. The number of halogens is 3. The molecule has 170 valence electrons. The lowest BCUT2D eigenvalue weighted by atomic mass is 9.62. The molecule has 2 aromatic carbocycles. The molecule has 0 aromatic heterocycles. The van der Waals surface area contributed by atoms with Crippen LogP contribution >= 0.6 is 23.2 Å². The normalized spacial score (nSPS) is 27.0. The Kier molecular flexibility index (Phi) is 5.89. The number of carbonyl (C=O) groups is 2. The van der Waals surface area contributed by atoms with E-state index in [4.69, 9.17) is 23.2 Å². The highest BCUT2D eigenvalue weighted by molar-refractivity contribution is 6.31. The Bertz CT molecular complexity index is 1100. The molecule has 0 saturated carbocycles. The average molecular weight is 477 g/mol. The fraction of sp³-hybridized carbons (Fsp3) is 0.440. The number of nitrogens with one attached hydrogen (secondary N) is 2. The molecule has 4 nitrogen and oxygen atoms in total. The molecule has 0 radical (unpaired) electrons. The van der Waals surface area contributed by atoms with Crippen molar-refractivity contribution in [1.29, 1.82) is 0 Å². The van der Waals surface area contributed by atoms with Crippen LogP contribution in [0.5, 0.6) is 0 Å². The van der Waals surface area contributed by atoms with Gasteiger partial charge in [-0.15, -0.1) is 0 Å². The van der Waals surface area contributed by atoms with Gasteiger partial charge >= 0.3 is 0 Å². The second-order valence-electron chi connectivity index (χ2n) is 9.95. The highest BCUT2D eigenvalue weighted by Crippen LogP contribution is 2.57. The lowest BCUT2D eigenvalue weighted by molar-refractivity contribution is -0.122. The number of ketones is 1. The second-order valence-corrected chi connectivity index (χ2v) is 10.8. The number of hydrogen-bond acceptors (Lipinski definition) is 3. The van der Waals surface area contributed by atoms with Crippen LogP contribution in [0.25, 0.3) is 0 Å². The molecule has 0 bridgehead atoms. The molecule has 2 aliphatic rings. The molecule has 4 rings (SSSR count). The quantitative estimate of drug-likeness (QED) is 0.580. The van der Waals surface area contributed by atoms with E-state index in [-0.39, 0.29) is 22.1 Å². The topological polar surface area (TPSA) is 58.2 Å². The van der Waals surface area contributed by atoms with E-state index in [2.05, 4.69) is 31.4 Å². The molecule has 0 aliphatic carbocycles. The van der Waals surface area contributed by atoms with Gasteiger partial charge in [-0.1, -0.05) is 63.0 Å². The summed E-state index contributed by atoms with van der Waals surface area (Å²) < 4.78 is 14.7. The highest BCUT2D eigenvalue weighted by Gasteiger charge is 2.65. The van der Waals surface area contributed by atoms with Crippen LogP contribution in [0, 0.1) is 11.2 Å². The first kappa shape index (κ1) is 23.2. The second kappa shape index (κ2) is 8.12. The van der Waals surface area contributed by atoms with Gasteiger partial charge in [-0.25, -0.2) is 4.39 Å². The van der Waals surface area contributed by atoms with Crippen molar-refractivity contribution in [2.24, 2.45) is 5.41 Å². The minimum Gasteiger partial charge on any atom is -0.325 e. The Morgan fingerprint density at radius 1 is 1.19 bits per heavy atom. The summed E-state index contributed by atoms with van der Waals surface area (Å²) >= 11 is 12.4. The van der Waals surface area contributed by atoms with Crippen LogP contribution in [0.3, 0.4) is 0 Å². The predicted molar refractivity (Wildman–Crippen MR) is 126 cm³/mol. The molecule has 1 fully saturated rings. The van der Waals surface area contributed by atoms with Gasteiger partial charge in [-0.2, -0.15) is 0 Å². The van der Waals surface area contributed by atoms with Crippen molar-refractivity contribution in [3.05, 3.63) is 63.4 Å². The maximum atomic E-state index is 14.7. The molecule has 1 amide bonds. The maximum Gasteiger partial charge on any atom is 0.237 e. The molecule has 0 unspecified atom stereocenters. The minimum atomic E-state index is -1.19. The van der Waals surface area contributed by atoms with Crippen molar-refractivity contribution in [3.8, 4) is 0 Å². The largest absolute Gasteiger partial charge is 0.325 e. The first-order chi connectivity index (χ1) is 15.0. The van der Waals surface area contributed by atoms with Crippen LogP contribution in [0.2, 0.25) is 10.0 Å². The fourth-order valence-electron chi connectivity index (χ4n) is 5.41. The number of amides is 1. The number of fused-ring (bicyclic) bond motifs is 2. The standard InChI is InChI=1S/C25H27Cl2FN2O2/c1-5-19(31)22-21(13-7-6-8-14(26)9-13)25(20(30-22)12-24(2,3)4)15-10-17(28)16(27)11-18(15)29-23(25)32/h6-11,20-22,30H,5,12H2,1-4H3,(H,29,32)/t20-,21-,22-,25+/m0/s1. The lowest BCUT2D eigenvalue weighted by Gasteiger charge is -2.37. The maximum absolute atomic E-state index is 14.7. The monoisotopic (exact) mass is 476 g/mol. The van der Waals surface area contributed by atoms with E-state index in [0.717, 1.165) is 5.56 Å². The highest BCUT2D eigenvalue weighted by atomic mass is 35.5. The van der Waals surface area contributed by atoms with E-state index >= 15 is 0 Å². The van der Waals surface area contributed by atoms with E-state index < -0.39 is 29.2 Å². The van der Waals surface area contributed by atoms with E-state index in [1.54, 1.807) is 12.1 Å². The Hall–Kier alpha value is -1.95. The van der Waals surface area contributed by atoms with Crippen LogP contribution in [0.1, 0.15) is 57.6 Å². The van der Waals surface area contributed by atoms with Crippen molar-refractivity contribution in [3.63, 3.8) is 0 Å². The third-order valence-electron chi connectivity index (χ3n) is 6.60. The summed E-state index contributed by atoms with van der Waals surface area (Å²) in [6, 6.07) is 9.04. The summed E-state index contributed by atoms with van der Waals surface area (Å²) in [5, 5.41) is 6.89. The van der Waals surface area contributed by atoms with Crippen molar-refractivity contribution in [1.82, 2.24) is 5.32 Å². The summed E-state index contributed by atoms with van der Waals surface area (Å²) in [5.41, 5.74) is 0.448. The van der Waals surface area contributed by atoms with Crippen LogP contribution < -0.4 is 10.6 Å². The van der Waals surface area contributed by atoms with Crippen LogP contribution in [0.4, 0.5) is 10.1 Å². The van der Waals surface area contributed by atoms with E-state index in [0.29, 0.717) is 29.1 Å². The number of anilines is 1. The van der Waals surface area contributed by atoms with Gasteiger partial charge in [0.15, 0.2) is 0 Å². The SMILES string of the molecule is CCC(=O)[C@@H]1N[C@@H](CC(C)(C)C)[C@@]2(C(=O)Nc3cc(Cl)c(F)cc32)[C@H]1c1cccc(Cl)c1. The van der Waals surface area contributed by atoms with Crippen molar-refractivity contribution in [2.75, 3.05) is 5.32 Å². The van der Waals surface area contributed by atoms with Gasteiger partial charge in [-0.05, 0) is 47.2 Å². The first-order valence-electron chi connectivity index (χ1n) is 10.8. The Balaban J connectivity index is 2.03. The molecule has 4 atom stereocenters. The van der Waals surface area contributed by atoms with Crippen molar-refractivity contribution in [2.45, 2.75) is 64.0 Å². The predicted octanol–water partition coefficient (Wildman–Crippen LogP) is 5.86. The molecular weight excluding hydrogens is 450 g/mol. The summed E-state index contributed by atoms with van der Waals surface area (Å²) in [4.78, 5) is 27.0. The number of Topliss-reactive ketones (excluding diaryl/α,β-unsaturated/α-hetero) is 1. The van der Waals surface area contributed by atoms with Gasteiger partial charge in [0.1, 0.15) is 17.0 Å². The molecule has 1 saturated heterocycles. The average Bonchev–Trinajstić information content (AvgIpc) is 3.17. The van der Waals surface area contributed by atoms with Crippen LogP contribution in [0.15, 0.2) is 36.4 Å². The zero-order chi connectivity index (χ0) is 23.4. The number of rotatable bonds is 4. The molecule has 7 heteroatoms. The first-order valence-corrected chi connectivity index (χ1v) is 11.6. The molecule has 32 heavy (non-hydrogen) atoms. The molecule has 2 aliphatic heterocycles. The lowest BCUT2D eigenvalue weighted by Crippen LogP contribution is -2.49. The van der Waals surface area contributed by atoms with E-state index in [9.17, 15) is 14.0 Å². The summed E-state index contributed by atoms with van der Waals surface area (Å²) in [6.45, 7) is 8.07. The number of hydrogen-bond donors (Lipinski definition) is 2. The zero-order valence-electron chi connectivity index (χ0n) is 18.6. The van der Waals surface area contributed by atoms with Gasteiger partial charge < -0.3 is 10.6 Å². The molecular formula is C25H27Cl2FN2O2. The smallest absolute Gasteiger partial charge is 0.237 e. The van der Waals surface area contributed by atoms with Crippen LogP contribution in [-0.4, -0.2) is 23.8 Å². The number of benzene rings is 2. The number of carbonyl (C=O) groups excluding carboxylic acids is 2. The molecule has 2 aromatic rings. The van der Waals surface area contributed by atoms with Gasteiger partial charge in [-0.3, -0.25) is 9.59 Å². The third-order valence-corrected chi connectivity index (χ3v) is 7.13. The van der Waals surface area contributed by atoms with Gasteiger partial charge in [0.05, 0.1) is 11.1 Å².